The van der Waals surface area contributed by atoms with E-state index in [0.717, 1.165) is 5.56 Å². The van der Waals surface area contributed by atoms with Crippen LogP contribution in [0.3, 0.4) is 0 Å². The van der Waals surface area contributed by atoms with Crippen LogP contribution in [0.25, 0.3) is 0 Å². The molecule has 0 saturated carbocycles. The van der Waals surface area contributed by atoms with Crippen LogP contribution >= 0.6 is 24.0 Å². The highest BCUT2D eigenvalue weighted by Crippen LogP contribution is 2.22. The molecular weight excluding hydrogens is 462 g/mol. The average Bonchev–Trinajstić information content (AvgIpc) is 3.15. The van der Waals surface area contributed by atoms with Gasteiger partial charge in [-0.25, -0.2) is 4.39 Å². The zero-order chi connectivity index (χ0) is 19.0. The highest BCUT2D eigenvalue weighted by atomic mass is 127. The summed E-state index contributed by atoms with van der Waals surface area (Å²) in [5, 5.41) is 9.10. The standard InChI is InChI=1S/C19H25FN4O2.HI/c1-19(2,14-6-4-7-15(20)12-14)13-24-18(21-3)23-10-9-22-17(25)16-8-5-11-26-16;/h4-8,11-12H,9-10,13H2,1-3H3,(H,22,25)(H2,21,23,24);1H. The number of aliphatic imine (C=N–C) groups is 1. The van der Waals surface area contributed by atoms with Crippen LogP contribution in [-0.2, 0) is 5.41 Å². The number of furan rings is 1. The van der Waals surface area contributed by atoms with E-state index < -0.39 is 0 Å². The van der Waals surface area contributed by atoms with Crippen molar-refractivity contribution in [2.24, 2.45) is 4.99 Å². The Hall–Kier alpha value is -2.10. The van der Waals surface area contributed by atoms with Gasteiger partial charge in [-0.1, -0.05) is 26.0 Å². The summed E-state index contributed by atoms with van der Waals surface area (Å²) < 4.78 is 18.5. The summed E-state index contributed by atoms with van der Waals surface area (Å²) in [6.45, 7) is 5.58. The number of carbonyl (C=O) groups is 1. The van der Waals surface area contributed by atoms with E-state index >= 15 is 0 Å². The van der Waals surface area contributed by atoms with Crippen LogP contribution in [0.15, 0.2) is 52.1 Å². The molecule has 3 N–H and O–H groups in total. The summed E-state index contributed by atoms with van der Waals surface area (Å²) in [5.74, 6) is 0.392. The van der Waals surface area contributed by atoms with Gasteiger partial charge in [0.05, 0.1) is 6.26 Å². The third-order valence-electron chi connectivity index (χ3n) is 3.98. The summed E-state index contributed by atoms with van der Waals surface area (Å²) in [6.07, 6.45) is 1.46. The van der Waals surface area contributed by atoms with Crippen LogP contribution < -0.4 is 16.0 Å². The lowest BCUT2D eigenvalue weighted by Crippen LogP contribution is -2.45. The molecular formula is C19H26FIN4O2. The molecule has 0 saturated heterocycles. The van der Waals surface area contributed by atoms with Gasteiger partial charge in [-0.05, 0) is 29.8 Å². The minimum absolute atomic E-state index is 0. The number of hydrogen-bond donors (Lipinski definition) is 3. The number of guanidine groups is 1. The molecule has 1 aromatic carbocycles. The van der Waals surface area contributed by atoms with Gasteiger partial charge in [0.25, 0.3) is 5.91 Å². The number of amides is 1. The maximum absolute atomic E-state index is 13.4. The van der Waals surface area contributed by atoms with Crippen LogP contribution in [0.1, 0.15) is 30.0 Å². The molecule has 1 aromatic heterocycles. The van der Waals surface area contributed by atoms with Crippen molar-refractivity contribution in [3.05, 3.63) is 59.8 Å². The van der Waals surface area contributed by atoms with Gasteiger partial charge in [0.1, 0.15) is 5.82 Å². The second-order valence-corrected chi connectivity index (χ2v) is 6.48. The number of nitrogens with zero attached hydrogens (tertiary/aromatic N) is 1. The van der Waals surface area contributed by atoms with E-state index in [-0.39, 0.29) is 46.9 Å². The molecule has 0 bridgehead atoms. The van der Waals surface area contributed by atoms with Crippen LogP contribution in [-0.4, -0.2) is 38.5 Å². The lowest BCUT2D eigenvalue weighted by Gasteiger charge is -2.26. The Bertz CT molecular complexity index is 748. The van der Waals surface area contributed by atoms with Crippen LogP contribution in [0.5, 0.6) is 0 Å². The van der Waals surface area contributed by atoms with E-state index in [2.05, 4.69) is 20.9 Å². The molecule has 1 amide bonds. The average molecular weight is 488 g/mol. The molecule has 27 heavy (non-hydrogen) atoms. The Balaban J connectivity index is 0.00000364. The first kappa shape index (κ1) is 22.9. The van der Waals surface area contributed by atoms with Crippen molar-refractivity contribution in [1.29, 1.82) is 0 Å². The summed E-state index contributed by atoms with van der Waals surface area (Å²) in [7, 11) is 1.67. The monoisotopic (exact) mass is 488 g/mol. The third kappa shape index (κ3) is 7.20. The first-order valence-corrected chi connectivity index (χ1v) is 8.44. The molecule has 2 rings (SSSR count). The van der Waals surface area contributed by atoms with E-state index in [4.69, 9.17) is 4.42 Å². The molecule has 0 unspecified atom stereocenters. The molecule has 1 heterocycles. The van der Waals surface area contributed by atoms with Crippen molar-refractivity contribution in [1.82, 2.24) is 16.0 Å². The third-order valence-corrected chi connectivity index (χ3v) is 3.98. The highest BCUT2D eigenvalue weighted by molar-refractivity contribution is 14.0. The molecule has 0 aliphatic heterocycles. The first-order chi connectivity index (χ1) is 12.4. The maximum Gasteiger partial charge on any atom is 0.287 e. The smallest absolute Gasteiger partial charge is 0.287 e. The Labute approximate surface area is 176 Å². The number of carbonyl (C=O) groups excluding carboxylic acids is 1. The fourth-order valence-corrected chi connectivity index (χ4v) is 2.39. The Morgan fingerprint density at radius 2 is 1.89 bits per heavy atom. The Morgan fingerprint density at radius 3 is 2.52 bits per heavy atom. The Morgan fingerprint density at radius 1 is 1.15 bits per heavy atom. The topological polar surface area (TPSA) is 78.7 Å². The van der Waals surface area contributed by atoms with Gasteiger partial charge < -0.3 is 20.4 Å². The lowest BCUT2D eigenvalue weighted by molar-refractivity contribution is 0.0926. The molecule has 0 radical (unpaired) electrons. The number of benzene rings is 1. The molecule has 8 heteroatoms. The first-order valence-electron chi connectivity index (χ1n) is 8.44. The lowest BCUT2D eigenvalue weighted by atomic mass is 9.84. The minimum atomic E-state index is -0.271. The largest absolute Gasteiger partial charge is 0.459 e. The predicted molar refractivity (Wildman–Crippen MR) is 115 cm³/mol. The summed E-state index contributed by atoms with van der Waals surface area (Å²) in [6, 6.07) is 9.87. The second kappa shape index (κ2) is 10.9. The maximum atomic E-state index is 13.4. The Kier molecular flexibility index (Phi) is 9.27. The summed E-state index contributed by atoms with van der Waals surface area (Å²) in [5.41, 5.74) is 0.638. The quantitative estimate of drug-likeness (QED) is 0.243. The molecule has 148 valence electrons. The van der Waals surface area contributed by atoms with Gasteiger partial charge in [0.2, 0.25) is 0 Å². The summed E-state index contributed by atoms with van der Waals surface area (Å²) in [4.78, 5) is 15.9. The fraction of sp³-hybridized carbons (Fsp3) is 0.368. The van der Waals surface area contributed by atoms with Crippen molar-refractivity contribution in [3.63, 3.8) is 0 Å². The molecule has 0 aliphatic carbocycles. The van der Waals surface area contributed by atoms with Crippen molar-refractivity contribution >= 4 is 35.8 Å². The highest BCUT2D eigenvalue weighted by Gasteiger charge is 2.21. The van der Waals surface area contributed by atoms with Gasteiger partial charge in [-0.2, -0.15) is 0 Å². The van der Waals surface area contributed by atoms with Gasteiger partial charge in [0.15, 0.2) is 11.7 Å². The second-order valence-electron chi connectivity index (χ2n) is 6.48. The zero-order valence-corrected chi connectivity index (χ0v) is 18.0. The van der Waals surface area contributed by atoms with Crippen molar-refractivity contribution in [2.45, 2.75) is 19.3 Å². The minimum Gasteiger partial charge on any atom is -0.459 e. The molecule has 6 nitrogen and oxygen atoms in total. The van der Waals surface area contributed by atoms with Crippen LogP contribution in [0, 0.1) is 5.82 Å². The molecule has 0 fully saturated rings. The van der Waals surface area contributed by atoms with Gasteiger partial charge in [-0.3, -0.25) is 9.79 Å². The van der Waals surface area contributed by atoms with Crippen LogP contribution in [0.2, 0.25) is 0 Å². The predicted octanol–water partition coefficient (Wildman–Crippen LogP) is 2.91. The van der Waals surface area contributed by atoms with Gasteiger partial charge in [-0.15, -0.1) is 24.0 Å². The van der Waals surface area contributed by atoms with E-state index in [0.29, 0.717) is 25.6 Å². The molecule has 0 aliphatic rings. The molecule has 2 aromatic rings. The van der Waals surface area contributed by atoms with Crippen LogP contribution in [0.4, 0.5) is 4.39 Å². The van der Waals surface area contributed by atoms with E-state index in [1.807, 2.05) is 19.9 Å². The van der Waals surface area contributed by atoms with Gasteiger partial charge in [0, 0.05) is 32.1 Å². The number of rotatable bonds is 7. The van der Waals surface area contributed by atoms with E-state index in [1.54, 1.807) is 31.3 Å². The molecule has 0 spiro atoms. The van der Waals surface area contributed by atoms with Crippen molar-refractivity contribution in [3.8, 4) is 0 Å². The van der Waals surface area contributed by atoms with Gasteiger partial charge >= 0.3 is 0 Å². The van der Waals surface area contributed by atoms with E-state index in [1.165, 1.54) is 12.3 Å². The van der Waals surface area contributed by atoms with E-state index in [9.17, 15) is 9.18 Å². The SMILES string of the molecule is CN=C(NCCNC(=O)c1ccco1)NCC(C)(C)c1cccc(F)c1.I. The van der Waals surface area contributed by atoms with Crippen molar-refractivity contribution < 1.29 is 13.6 Å². The fourth-order valence-electron chi connectivity index (χ4n) is 2.39. The number of hydrogen-bond acceptors (Lipinski definition) is 3. The normalized spacial score (nSPS) is 11.5. The summed E-state index contributed by atoms with van der Waals surface area (Å²) >= 11 is 0. The zero-order valence-electron chi connectivity index (χ0n) is 15.7. The van der Waals surface area contributed by atoms with Crippen molar-refractivity contribution in [2.75, 3.05) is 26.7 Å². The number of halogens is 2. The molecule has 0 atom stereocenters. The number of nitrogens with one attached hydrogen (secondary N) is 3.